The fourth-order valence-corrected chi connectivity index (χ4v) is 3.13. The van der Waals surface area contributed by atoms with Crippen LogP contribution in [0.5, 0.6) is 5.75 Å². The molecule has 0 bridgehead atoms. The molecule has 0 saturated carbocycles. The van der Waals surface area contributed by atoms with Crippen LogP contribution in [-0.4, -0.2) is 37.1 Å². The number of benzene rings is 1. The number of nitrogens with one attached hydrogen (secondary N) is 2. The zero-order valence-electron chi connectivity index (χ0n) is 13.5. The number of rotatable bonds is 4. The van der Waals surface area contributed by atoms with Gasteiger partial charge in [-0.25, -0.2) is 0 Å². The number of aromatic amines is 1. The lowest BCUT2D eigenvalue weighted by atomic mass is 9.99. The molecule has 0 radical (unpaired) electrons. The highest BCUT2D eigenvalue weighted by atomic mass is 16.5. The maximum atomic E-state index is 12.3. The van der Waals surface area contributed by atoms with Gasteiger partial charge >= 0.3 is 0 Å². The first kappa shape index (κ1) is 14.9. The molecule has 2 heterocycles. The number of aromatic nitrogens is 1. The van der Waals surface area contributed by atoms with E-state index in [0.29, 0.717) is 6.61 Å². The number of anilines is 1. The Bertz CT molecular complexity index is 750. The van der Waals surface area contributed by atoms with Gasteiger partial charge in [-0.05, 0) is 51.6 Å². The normalized spacial score (nSPS) is 14.0. The highest BCUT2D eigenvalue weighted by Gasteiger charge is 2.19. The van der Waals surface area contributed by atoms with Gasteiger partial charge in [0.15, 0.2) is 0 Å². The number of hydrogen-bond donors (Lipinski definition) is 2. The summed E-state index contributed by atoms with van der Waals surface area (Å²) >= 11 is 0. The zero-order valence-corrected chi connectivity index (χ0v) is 13.5. The van der Waals surface area contributed by atoms with Crippen LogP contribution in [0.1, 0.15) is 24.5 Å². The molecule has 0 amide bonds. The highest BCUT2D eigenvalue weighted by molar-refractivity contribution is 5.98. The van der Waals surface area contributed by atoms with Gasteiger partial charge in [0.1, 0.15) is 5.75 Å². The van der Waals surface area contributed by atoms with Crippen LogP contribution < -0.4 is 15.6 Å². The van der Waals surface area contributed by atoms with Gasteiger partial charge in [0, 0.05) is 18.7 Å². The third-order valence-electron chi connectivity index (χ3n) is 3.94. The predicted octanol–water partition coefficient (Wildman–Crippen LogP) is 2.35. The first-order valence-corrected chi connectivity index (χ1v) is 7.83. The van der Waals surface area contributed by atoms with Crippen LogP contribution in [0.4, 0.5) is 5.69 Å². The number of H-pyrrole nitrogens is 1. The summed E-state index contributed by atoms with van der Waals surface area (Å²) in [7, 11) is 4.06. The summed E-state index contributed by atoms with van der Waals surface area (Å²) in [6, 6.07) is 4.14. The minimum Gasteiger partial charge on any atom is -0.493 e. The summed E-state index contributed by atoms with van der Waals surface area (Å²) in [4.78, 5) is 17.5. The smallest absolute Gasteiger partial charge is 0.253 e. The average Bonchev–Trinajstić information content (AvgIpc) is 2.46. The number of fused-ring (bicyclic) bond motifs is 3. The molecule has 118 valence electrons. The molecule has 0 unspecified atom stereocenters. The Kier molecular flexibility index (Phi) is 4.07. The van der Waals surface area contributed by atoms with E-state index in [9.17, 15) is 4.79 Å². The summed E-state index contributed by atoms with van der Waals surface area (Å²) < 4.78 is 5.87. The summed E-state index contributed by atoms with van der Waals surface area (Å²) in [6.07, 6.45) is 1.81. The van der Waals surface area contributed by atoms with Crippen LogP contribution in [-0.2, 0) is 13.0 Å². The van der Waals surface area contributed by atoms with Crippen molar-refractivity contribution in [2.24, 2.45) is 0 Å². The Morgan fingerprint density at radius 3 is 2.86 bits per heavy atom. The number of hydrogen-bond acceptors (Lipinski definition) is 4. The molecule has 5 heteroatoms. The summed E-state index contributed by atoms with van der Waals surface area (Å²) in [5, 5.41) is 4.39. The lowest BCUT2D eigenvalue weighted by Crippen LogP contribution is -2.22. The molecule has 0 fully saturated rings. The second kappa shape index (κ2) is 6.01. The van der Waals surface area contributed by atoms with Crippen molar-refractivity contribution < 1.29 is 4.74 Å². The van der Waals surface area contributed by atoms with Crippen molar-refractivity contribution in [2.75, 3.05) is 32.6 Å². The lowest BCUT2D eigenvalue weighted by molar-refractivity contribution is 0.342. The van der Waals surface area contributed by atoms with Gasteiger partial charge in [-0.2, -0.15) is 0 Å². The van der Waals surface area contributed by atoms with Crippen molar-refractivity contribution >= 4 is 16.6 Å². The van der Waals surface area contributed by atoms with Crippen molar-refractivity contribution in [2.45, 2.75) is 26.3 Å². The number of nitrogens with zero attached hydrogens (tertiary/aromatic N) is 1. The van der Waals surface area contributed by atoms with E-state index in [1.165, 1.54) is 0 Å². The van der Waals surface area contributed by atoms with Crippen molar-refractivity contribution in [3.63, 3.8) is 0 Å². The summed E-state index contributed by atoms with van der Waals surface area (Å²) in [5.74, 6) is 0.846. The molecule has 1 aliphatic heterocycles. The maximum Gasteiger partial charge on any atom is 0.253 e. The van der Waals surface area contributed by atoms with Crippen LogP contribution in [0.25, 0.3) is 10.9 Å². The molecule has 1 aromatic heterocycles. The van der Waals surface area contributed by atoms with Gasteiger partial charge in [0.05, 0.1) is 23.2 Å². The zero-order chi connectivity index (χ0) is 15.7. The quantitative estimate of drug-likeness (QED) is 0.910. The third kappa shape index (κ3) is 2.68. The molecule has 0 spiro atoms. The SMILES string of the molecule is CCOc1cc(CN(C)C)cc2[nH]c(=O)c3c(c12)NCCC3. The van der Waals surface area contributed by atoms with Crippen LogP contribution in [0.3, 0.4) is 0 Å². The molecule has 2 aromatic rings. The minimum atomic E-state index is 0.0131. The summed E-state index contributed by atoms with van der Waals surface area (Å²) in [6.45, 7) is 4.30. The van der Waals surface area contributed by atoms with Gasteiger partial charge in [-0.15, -0.1) is 0 Å². The van der Waals surface area contributed by atoms with Crippen molar-refractivity contribution in [1.29, 1.82) is 0 Å². The van der Waals surface area contributed by atoms with Crippen LogP contribution in [0.15, 0.2) is 16.9 Å². The molecular weight excluding hydrogens is 278 g/mol. The lowest BCUT2D eigenvalue weighted by Gasteiger charge is -2.22. The predicted molar refractivity (Wildman–Crippen MR) is 89.9 cm³/mol. The average molecular weight is 301 g/mol. The Morgan fingerprint density at radius 1 is 1.32 bits per heavy atom. The summed E-state index contributed by atoms with van der Waals surface area (Å²) in [5.41, 5.74) is 3.79. The standard InChI is InChI=1S/C17H23N3O2/c1-4-22-14-9-11(10-20(2)3)8-13-15(14)16-12(17(21)19-13)6-5-7-18-16/h8-9,18H,4-7,10H2,1-3H3,(H,19,21). The molecule has 3 rings (SSSR count). The topological polar surface area (TPSA) is 57.4 Å². The molecule has 0 atom stereocenters. The molecule has 1 aliphatic rings. The third-order valence-corrected chi connectivity index (χ3v) is 3.94. The molecule has 0 saturated heterocycles. The second-order valence-corrected chi connectivity index (χ2v) is 6.03. The van der Waals surface area contributed by atoms with Gasteiger partial charge < -0.3 is 19.9 Å². The van der Waals surface area contributed by atoms with Gasteiger partial charge in [0.2, 0.25) is 0 Å². The van der Waals surface area contributed by atoms with E-state index in [4.69, 9.17) is 4.74 Å². The molecule has 1 aromatic carbocycles. The second-order valence-electron chi connectivity index (χ2n) is 6.03. The maximum absolute atomic E-state index is 12.3. The highest BCUT2D eigenvalue weighted by Crippen LogP contribution is 2.35. The van der Waals surface area contributed by atoms with E-state index >= 15 is 0 Å². The van der Waals surface area contributed by atoms with Gasteiger partial charge in [-0.1, -0.05) is 0 Å². The Labute approximate surface area is 130 Å². The van der Waals surface area contributed by atoms with Crippen LogP contribution in [0, 0.1) is 0 Å². The van der Waals surface area contributed by atoms with Crippen molar-refractivity contribution in [3.05, 3.63) is 33.6 Å². The van der Waals surface area contributed by atoms with Crippen LogP contribution >= 0.6 is 0 Å². The van der Waals surface area contributed by atoms with Crippen molar-refractivity contribution in [3.8, 4) is 5.75 Å². The van der Waals surface area contributed by atoms with E-state index in [2.05, 4.69) is 27.3 Å². The fraction of sp³-hybridized carbons (Fsp3) is 0.471. The Hall–Kier alpha value is -2.01. The van der Waals surface area contributed by atoms with Gasteiger partial charge in [0.25, 0.3) is 5.56 Å². The molecular formula is C17H23N3O2. The van der Waals surface area contributed by atoms with E-state index in [0.717, 1.165) is 59.4 Å². The first-order chi connectivity index (χ1) is 10.6. The van der Waals surface area contributed by atoms with Gasteiger partial charge in [-0.3, -0.25) is 4.79 Å². The van der Waals surface area contributed by atoms with E-state index in [1.807, 2.05) is 21.0 Å². The first-order valence-electron chi connectivity index (χ1n) is 7.83. The number of ether oxygens (including phenoxy) is 1. The molecule has 2 N–H and O–H groups in total. The Morgan fingerprint density at radius 2 is 2.14 bits per heavy atom. The monoisotopic (exact) mass is 301 g/mol. The molecule has 5 nitrogen and oxygen atoms in total. The Balaban J connectivity index is 2.26. The van der Waals surface area contributed by atoms with Crippen LogP contribution in [0.2, 0.25) is 0 Å². The van der Waals surface area contributed by atoms with E-state index in [1.54, 1.807) is 0 Å². The molecule has 0 aliphatic carbocycles. The largest absolute Gasteiger partial charge is 0.493 e. The van der Waals surface area contributed by atoms with E-state index in [-0.39, 0.29) is 5.56 Å². The number of pyridine rings is 1. The molecule has 22 heavy (non-hydrogen) atoms. The van der Waals surface area contributed by atoms with Crippen molar-refractivity contribution in [1.82, 2.24) is 9.88 Å². The minimum absolute atomic E-state index is 0.0131. The van der Waals surface area contributed by atoms with E-state index < -0.39 is 0 Å². The fourth-order valence-electron chi connectivity index (χ4n) is 3.13.